The number of nitrogens with zero attached hydrogens (tertiary/aromatic N) is 3. The number of fused-ring (bicyclic) bond motifs is 1. The summed E-state index contributed by atoms with van der Waals surface area (Å²) < 4.78 is 28.1. The van der Waals surface area contributed by atoms with Crippen LogP contribution in [0.4, 0.5) is 8.78 Å². The fourth-order valence-electron chi connectivity index (χ4n) is 2.74. The lowest BCUT2D eigenvalue weighted by Gasteiger charge is -2.30. The number of pyridine rings is 1. The lowest BCUT2D eigenvalue weighted by Crippen LogP contribution is -2.48. The smallest absolute Gasteiger partial charge is 0.263 e. The van der Waals surface area contributed by atoms with Crippen molar-refractivity contribution in [2.24, 2.45) is 0 Å². The number of halogens is 2. The van der Waals surface area contributed by atoms with Gasteiger partial charge in [0.1, 0.15) is 11.4 Å². The quantitative estimate of drug-likeness (QED) is 0.855. The van der Waals surface area contributed by atoms with Crippen molar-refractivity contribution >= 4 is 10.9 Å². The van der Waals surface area contributed by atoms with Crippen LogP contribution in [0.2, 0.25) is 0 Å². The standard InChI is InChI=1S/C13H14F2N4O2/c1-7-17-9-4-10(20)19(5-8(9)11(21)18-7)13(12(14)15)2-3-16-6-13/h4-5,12,16H,2-3,6H2,1H3,(H,17,18,21). The van der Waals surface area contributed by atoms with Crippen LogP contribution in [-0.2, 0) is 5.54 Å². The minimum atomic E-state index is -2.70. The largest absolute Gasteiger partial charge is 0.493 e. The normalized spacial score (nSPS) is 22.3. The monoisotopic (exact) mass is 296 g/mol. The first kappa shape index (κ1) is 13.9. The molecule has 1 saturated heterocycles. The summed E-state index contributed by atoms with van der Waals surface area (Å²) in [6.45, 7) is 1.99. The SMILES string of the molecule is Cc1nc(O)c2cn(C3(C(F)F)CCNC3)c(=O)cc2n1. The minimum Gasteiger partial charge on any atom is -0.493 e. The van der Waals surface area contributed by atoms with Crippen LogP contribution in [0.3, 0.4) is 0 Å². The molecule has 3 rings (SSSR count). The van der Waals surface area contributed by atoms with Crippen LogP contribution < -0.4 is 10.9 Å². The number of hydrogen-bond donors (Lipinski definition) is 2. The molecule has 0 aromatic carbocycles. The fraction of sp³-hybridized carbons (Fsp3) is 0.462. The Morgan fingerprint density at radius 1 is 1.48 bits per heavy atom. The minimum absolute atomic E-state index is 0.00353. The Labute approximate surface area is 118 Å². The summed E-state index contributed by atoms with van der Waals surface area (Å²) in [5, 5.41) is 12.9. The Balaban J connectivity index is 2.28. The first-order valence-electron chi connectivity index (χ1n) is 6.53. The third kappa shape index (κ3) is 2.06. The average molecular weight is 296 g/mol. The van der Waals surface area contributed by atoms with E-state index in [1.165, 1.54) is 6.20 Å². The maximum Gasteiger partial charge on any atom is 0.263 e. The van der Waals surface area contributed by atoms with Crippen molar-refractivity contribution in [2.75, 3.05) is 13.1 Å². The molecule has 0 aliphatic carbocycles. The van der Waals surface area contributed by atoms with Gasteiger partial charge in [-0.1, -0.05) is 0 Å². The van der Waals surface area contributed by atoms with Gasteiger partial charge >= 0.3 is 0 Å². The maximum absolute atomic E-state index is 13.5. The topological polar surface area (TPSA) is 80.0 Å². The Hall–Kier alpha value is -2.09. The van der Waals surface area contributed by atoms with Crippen molar-refractivity contribution in [1.29, 1.82) is 0 Å². The lowest BCUT2D eigenvalue weighted by atomic mass is 9.98. The Bertz CT molecular complexity index is 754. The van der Waals surface area contributed by atoms with Crippen LogP contribution in [0.25, 0.3) is 10.9 Å². The molecule has 0 spiro atoms. The van der Waals surface area contributed by atoms with Crippen LogP contribution in [0.5, 0.6) is 5.88 Å². The molecule has 1 aliphatic rings. The molecule has 0 bridgehead atoms. The van der Waals surface area contributed by atoms with E-state index in [1.54, 1.807) is 6.92 Å². The van der Waals surface area contributed by atoms with Gasteiger partial charge in [-0.25, -0.2) is 13.8 Å². The van der Waals surface area contributed by atoms with Crippen molar-refractivity contribution in [3.8, 4) is 5.88 Å². The van der Waals surface area contributed by atoms with Crippen LogP contribution in [0.1, 0.15) is 12.2 Å². The summed E-state index contributed by atoms with van der Waals surface area (Å²) in [7, 11) is 0. The molecule has 8 heteroatoms. The van der Waals surface area contributed by atoms with E-state index in [0.29, 0.717) is 12.4 Å². The number of aromatic nitrogens is 3. The number of rotatable bonds is 2. The molecule has 1 fully saturated rings. The summed E-state index contributed by atoms with van der Waals surface area (Å²) in [5.41, 5.74) is -1.91. The molecule has 112 valence electrons. The predicted octanol–water partition coefficient (Wildman–Crippen LogP) is 0.759. The van der Waals surface area contributed by atoms with Gasteiger partial charge in [0.15, 0.2) is 0 Å². The van der Waals surface area contributed by atoms with Crippen LogP contribution in [0, 0.1) is 6.92 Å². The average Bonchev–Trinajstić information content (AvgIpc) is 2.88. The van der Waals surface area contributed by atoms with Gasteiger partial charge in [0.05, 0.1) is 10.9 Å². The van der Waals surface area contributed by atoms with Crippen LogP contribution in [-0.4, -0.2) is 39.2 Å². The molecule has 1 unspecified atom stereocenters. The highest BCUT2D eigenvalue weighted by molar-refractivity contribution is 5.82. The lowest BCUT2D eigenvalue weighted by molar-refractivity contribution is 0.0146. The van der Waals surface area contributed by atoms with Gasteiger partial charge < -0.3 is 15.0 Å². The Morgan fingerprint density at radius 3 is 2.86 bits per heavy atom. The number of hydrogen-bond acceptors (Lipinski definition) is 5. The van der Waals surface area contributed by atoms with E-state index in [1.807, 2.05) is 0 Å². The second-order valence-corrected chi connectivity index (χ2v) is 5.21. The molecule has 3 heterocycles. The van der Waals surface area contributed by atoms with Crippen molar-refractivity contribution in [1.82, 2.24) is 19.9 Å². The molecule has 6 nitrogen and oxygen atoms in total. The molecule has 2 aromatic rings. The van der Waals surface area contributed by atoms with Gasteiger partial charge in [0.25, 0.3) is 12.0 Å². The van der Waals surface area contributed by atoms with Crippen molar-refractivity contribution in [2.45, 2.75) is 25.3 Å². The molecule has 21 heavy (non-hydrogen) atoms. The summed E-state index contributed by atoms with van der Waals surface area (Å²) in [5.74, 6) is -0.00937. The Morgan fingerprint density at radius 2 is 2.24 bits per heavy atom. The number of aromatic hydroxyl groups is 1. The van der Waals surface area contributed by atoms with Crippen LogP contribution >= 0.6 is 0 Å². The zero-order chi connectivity index (χ0) is 15.2. The van der Waals surface area contributed by atoms with Gasteiger partial charge in [-0.15, -0.1) is 0 Å². The summed E-state index contributed by atoms with van der Waals surface area (Å²) in [6, 6.07) is 1.16. The zero-order valence-electron chi connectivity index (χ0n) is 11.3. The van der Waals surface area contributed by atoms with E-state index >= 15 is 0 Å². The highest BCUT2D eigenvalue weighted by Gasteiger charge is 2.45. The van der Waals surface area contributed by atoms with E-state index in [9.17, 15) is 18.7 Å². The molecule has 0 saturated carbocycles. The Kier molecular flexibility index (Phi) is 3.12. The number of aryl methyl sites for hydroxylation is 1. The zero-order valence-corrected chi connectivity index (χ0v) is 11.3. The maximum atomic E-state index is 13.5. The van der Waals surface area contributed by atoms with E-state index in [4.69, 9.17) is 0 Å². The van der Waals surface area contributed by atoms with Crippen LogP contribution in [0.15, 0.2) is 17.1 Å². The predicted molar refractivity (Wildman–Crippen MR) is 71.7 cm³/mol. The summed E-state index contributed by atoms with van der Waals surface area (Å²) in [4.78, 5) is 20.0. The third-order valence-electron chi connectivity index (χ3n) is 3.87. The van der Waals surface area contributed by atoms with E-state index < -0.39 is 17.5 Å². The molecular formula is C13H14F2N4O2. The second kappa shape index (κ2) is 4.73. The van der Waals surface area contributed by atoms with Gasteiger partial charge in [-0.05, 0) is 19.9 Å². The first-order valence-corrected chi connectivity index (χ1v) is 6.53. The summed E-state index contributed by atoms with van der Waals surface area (Å²) >= 11 is 0. The summed E-state index contributed by atoms with van der Waals surface area (Å²) in [6.07, 6.45) is -1.33. The van der Waals surface area contributed by atoms with Crippen molar-refractivity contribution < 1.29 is 13.9 Å². The molecule has 1 atom stereocenters. The fourth-order valence-corrected chi connectivity index (χ4v) is 2.74. The van der Waals surface area contributed by atoms with Gasteiger partial charge in [-0.2, -0.15) is 4.98 Å². The molecule has 0 radical (unpaired) electrons. The van der Waals surface area contributed by atoms with E-state index in [2.05, 4.69) is 15.3 Å². The highest BCUT2D eigenvalue weighted by Crippen LogP contribution is 2.32. The highest BCUT2D eigenvalue weighted by atomic mass is 19.3. The number of alkyl halides is 2. The molecular weight excluding hydrogens is 282 g/mol. The molecule has 2 N–H and O–H groups in total. The molecule has 2 aromatic heterocycles. The van der Waals surface area contributed by atoms with E-state index in [0.717, 1.165) is 10.6 Å². The van der Waals surface area contributed by atoms with Gasteiger partial charge in [-0.3, -0.25) is 4.79 Å². The van der Waals surface area contributed by atoms with Gasteiger partial charge in [0, 0.05) is 18.8 Å². The molecule has 0 amide bonds. The third-order valence-corrected chi connectivity index (χ3v) is 3.87. The second-order valence-electron chi connectivity index (χ2n) is 5.21. The van der Waals surface area contributed by atoms with Crippen molar-refractivity contribution in [3.63, 3.8) is 0 Å². The van der Waals surface area contributed by atoms with E-state index in [-0.39, 0.29) is 29.7 Å². The molecule has 1 aliphatic heterocycles. The van der Waals surface area contributed by atoms with Gasteiger partial charge in [0.2, 0.25) is 5.88 Å². The first-order chi connectivity index (χ1) is 9.94. The number of nitrogens with one attached hydrogen (secondary N) is 1. The van der Waals surface area contributed by atoms with Crippen molar-refractivity contribution in [3.05, 3.63) is 28.4 Å².